The Morgan fingerprint density at radius 1 is 1.29 bits per heavy atom. The first kappa shape index (κ1) is 15.5. The highest BCUT2D eigenvalue weighted by molar-refractivity contribution is 9.10. The molecule has 0 aliphatic carbocycles. The van der Waals surface area contributed by atoms with Gasteiger partial charge in [0.2, 0.25) is 0 Å². The molecule has 4 heteroatoms. The van der Waals surface area contributed by atoms with Gasteiger partial charge in [-0.2, -0.15) is 5.26 Å². The molecule has 108 valence electrons. The molecular formula is C17H18BrN3. The van der Waals surface area contributed by atoms with Crippen molar-refractivity contribution in [3.05, 3.63) is 45.6 Å². The summed E-state index contributed by atoms with van der Waals surface area (Å²) in [6.45, 7) is 4.21. The number of aromatic nitrogens is 1. The van der Waals surface area contributed by atoms with Gasteiger partial charge in [-0.3, -0.25) is 0 Å². The lowest BCUT2D eigenvalue weighted by atomic mass is 9.91. The first-order chi connectivity index (χ1) is 10.1. The quantitative estimate of drug-likeness (QED) is 0.889. The van der Waals surface area contributed by atoms with Crippen LogP contribution in [0, 0.1) is 11.3 Å². The second-order valence-corrected chi connectivity index (χ2v) is 5.72. The first-order valence-electron chi connectivity index (χ1n) is 7.10. The van der Waals surface area contributed by atoms with E-state index in [1.54, 1.807) is 0 Å². The van der Waals surface area contributed by atoms with Gasteiger partial charge in [0.1, 0.15) is 17.5 Å². The van der Waals surface area contributed by atoms with Gasteiger partial charge in [0, 0.05) is 15.7 Å². The number of anilines is 1. The van der Waals surface area contributed by atoms with Crippen molar-refractivity contribution >= 4 is 21.7 Å². The lowest BCUT2D eigenvalue weighted by molar-refractivity contribution is 0.860. The number of aryl methyl sites for hydroxylation is 1. The Bertz CT molecular complexity index is 702. The van der Waals surface area contributed by atoms with Crippen molar-refractivity contribution in [3.63, 3.8) is 0 Å². The van der Waals surface area contributed by atoms with Gasteiger partial charge in [0.15, 0.2) is 0 Å². The Hall–Kier alpha value is -1.86. The second-order valence-electron chi connectivity index (χ2n) is 4.87. The molecule has 0 radical (unpaired) electrons. The Kier molecular flexibility index (Phi) is 4.98. The Morgan fingerprint density at radius 3 is 2.57 bits per heavy atom. The highest BCUT2D eigenvalue weighted by atomic mass is 79.9. The molecule has 0 bridgehead atoms. The number of nitrogen functional groups attached to an aromatic ring is 1. The Morgan fingerprint density at radius 2 is 2.00 bits per heavy atom. The van der Waals surface area contributed by atoms with Crippen molar-refractivity contribution in [3.8, 4) is 17.2 Å². The zero-order valence-electron chi connectivity index (χ0n) is 12.3. The molecule has 0 aliphatic rings. The van der Waals surface area contributed by atoms with E-state index in [0.29, 0.717) is 11.4 Å². The number of nitrogens with two attached hydrogens (primary N) is 1. The van der Waals surface area contributed by atoms with Crippen LogP contribution in [0.15, 0.2) is 28.7 Å². The van der Waals surface area contributed by atoms with E-state index in [2.05, 4.69) is 40.8 Å². The average molecular weight is 344 g/mol. The molecule has 2 N–H and O–H groups in total. The minimum Gasteiger partial charge on any atom is -0.383 e. The van der Waals surface area contributed by atoms with Crippen LogP contribution in [0.3, 0.4) is 0 Å². The van der Waals surface area contributed by atoms with E-state index in [9.17, 15) is 5.26 Å². The fourth-order valence-corrected chi connectivity index (χ4v) is 3.07. The summed E-state index contributed by atoms with van der Waals surface area (Å²) in [4.78, 5) is 4.46. The third kappa shape index (κ3) is 2.93. The van der Waals surface area contributed by atoms with Crippen LogP contribution in [0.5, 0.6) is 0 Å². The number of pyridine rings is 1. The number of hydrogen-bond donors (Lipinski definition) is 1. The van der Waals surface area contributed by atoms with Crippen LogP contribution in [-0.2, 0) is 12.8 Å². The summed E-state index contributed by atoms with van der Waals surface area (Å²) in [6.07, 6.45) is 2.70. The summed E-state index contributed by atoms with van der Waals surface area (Å²) >= 11 is 3.58. The van der Waals surface area contributed by atoms with Gasteiger partial charge < -0.3 is 5.73 Å². The van der Waals surface area contributed by atoms with Crippen LogP contribution in [0.1, 0.15) is 37.1 Å². The smallest absolute Gasteiger partial charge is 0.142 e. The Balaban J connectivity index is 2.84. The van der Waals surface area contributed by atoms with Crippen LogP contribution < -0.4 is 5.73 Å². The summed E-state index contributed by atoms with van der Waals surface area (Å²) in [5.74, 6) is 0.323. The summed E-state index contributed by atoms with van der Waals surface area (Å²) < 4.78 is 0.962. The molecule has 0 amide bonds. The van der Waals surface area contributed by atoms with Crippen LogP contribution >= 0.6 is 15.9 Å². The van der Waals surface area contributed by atoms with Crippen LogP contribution in [-0.4, -0.2) is 4.98 Å². The molecule has 3 nitrogen and oxygen atoms in total. The summed E-state index contributed by atoms with van der Waals surface area (Å²) in [5.41, 5.74) is 10.5. The largest absolute Gasteiger partial charge is 0.383 e. The first-order valence-corrected chi connectivity index (χ1v) is 7.89. The van der Waals surface area contributed by atoms with Crippen molar-refractivity contribution in [1.29, 1.82) is 5.26 Å². The standard InChI is InChI=1S/C17H18BrN3/c1-3-7-15-11(4-2)16(13(10-19)17(20)21-15)12-8-5-6-9-14(12)18/h5-6,8-9H,3-4,7H2,1-2H3,(H2,20,21). The van der Waals surface area contributed by atoms with Gasteiger partial charge in [-0.15, -0.1) is 0 Å². The molecule has 2 rings (SSSR count). The molecule has 0 saturated heterocycles. The van der Waals surface area contributed by atoms with E-state index < -0.39 is 0 Å². The number of benzene rings is 1. The maximum absolute atomic E-state index is 9.51. The van der Waals surface area contributed by atoms with E-state index in [-0.39, 0.29) is 0 Å². The molecule has 0 unspecified atom stereocenters. The van der Waals surface area contributed by atoms with Gasteiger partial charge in [-0.25, -0.2) is 4.98 Å². The molecule has 0 fully saturated rings. The minimum absolute atomic E-state index is 0.323. The van der Waals surface area contributed by atoms with Crippen molar-refractivity contribution in [2.24, 2.45) is 0 Å². The fourth-order valence-electron chi connectivity index (χ4n) is 2.59. The zero-order valence-corrected chi connectivity index (χ0v) is 13.9. The van der Waals surface area contributed by atoms with E-state index in [1.165, 1.54) is 0 Å². The molecule has 0 spiro atoms. The van der Waals surface area contributed by atoms with Gasteiger partial charge in [0.05, 0.1) is 0 Å². The molecule has 1 aromatic heterocycles. The molecule has 0 saturated carbocycles. The summed E-state index contributed by atoms with van der Waals surface area (Å²) in [5, 5.41) is 9.51. The predicted octanol–water partition coefficient (Wildman–Crippen LogP) is 4.48. The molecule has 2 aromatic rings. The maximum atomic E-state index is 9.51. The number of halogens is 1. The van der Waals surface area contributed by atoms with Crippen molar-refractivity contribution in [2.75, 3.05) is 5.73 Å². The van der Waals surface area contributed by atoms with E-state index in [0.717, 1.165) is 46.1 Å². The van der Waals surface area contributed by atoms with E-state index in [4.69, 9.17) is 5.73 Å². The van der Waals surface area contributed by atoms with Crippen LogP contribution in [0.2, 0.25) is 0 Å². The predicted molar refractivity (Wildman–Crippen MR) is 89.9 cm³/mol. The van der Waals surface area contributed by atoms with E-state index in [1.807, 2.05) is 24.3 Å². The van der Waals surface area contributed by atoms with Gasteiger partial charge in [0.25, 0.3) is 0 Å². The van der Waals surface area contributed by atoms with Gasteiger partial charge in [-0.1, -0.05) is 54.4 Å². The number of nitriles is 1. The maximum Gasteiger partial charge on any atom is 0.142 e. The molecule has 1 aromatic carbocycles. The minimum atomic E-state index is 0.323. The van der Waals surface area contributed by atoms with Gasteiger partial charge >= 0.3 is 0 Å². The normalized spacial score (nSPS) is 10.4. The van der Waals surface area contributed by atoms with Gasteiger partial charge in [-0.05, 0) is 30.0 Å². The van der Waals surface area contributed by atoms with Crippen LogP contribution in [0.25, 0.3) is 11.1 Å². The van der Waals surface area contributed by atoms with E-state index >= 15 is 0 Å². The summed E-state index contributed by atoms with van der Waals surface area (Å²) in [6, 6.07) is 10.1. The molecule has 0 atom stereocenters. The highest BCUT2D eigenvalue weighted by Gasteiger charge is 2.19. The fraction of sp³-hybridized carbons (Fsp3) is 0.294. The summed E-state index contributed by atoms with van der Waals surface area (Å²) in [7, 11) is 0. The molecular weight excluding hydrogens is 326 g/mol. The SMILES string of the molecule is CCCc1nc(N)c(C#N)c(-c2ccccc2Br)c1CC. The average Bonchev–Trinajstić information content (AvgIpc) is 2.47. The third-order valence-electron chi connectivity index (χ3n) is 3.51. The molecule has 0 aliphatic heterocycles. The highest BCUT2D eigenvalue weighted by Crippen LogP contribution is 2.36. The zero-order chi connectivity index (χ0) is 15.4. The van der Waals surface area contributed by atoms with Crippen molar-refractivity contribution in [2.45, 2.75) is 33.1 Å². The van der Waals surface area contributed by atoms with Crippen molar-refractivity contribution in [1.82, 2.24) is 4.98 Å². The topological polar surface area (TPSA) is 62.7 Å². The lowest BCUT2D eigenvalue weighted by Crippen LogP contribution is -2.07. The second kappa shape index (κ2) is 6.73. The Labute approximate surface area is 133 Å². The number of nitrogens with zero attached hydrogens (tertiary/aromatic N) is 2. The van der Waals surface area contributed by atoms with Crippen molar-refractivity contribution < 1.29 is 0 Å². The van der Waals surface area contributed by atoms with Crippen LogP contribution in [0.4, 0.5) is 5.82 Å². The number of rotatable bonds is 4. The lowest BCUT2D eigenvalue weighted by Gasteiger charge is -2.17. The molecule has 1 heterocycles. The molecule has 21 heavy (non-hydrogen) atoms. The monoisotopic (exact) mass is 343 g/mol. The number of hydrogen-bond acceptors (Lipinski definition) is 3. The third-order valence-corrected chi connectivity index (χ3v) is 4.20.